The Morgan fingerprint density at radius 2 is 2.09 bits per heavy atom. The summed E-state index contributed by atoms with van der Waals surface area (Å²) >= 11 is 7.04. The number of halogens is 1. The minimum atomic E-state index is -0.720. The molecule has 9 heteroatoms. The summed E-state index contributed by atoms with van der Waals surface area (Å²) in [5, 5.41) is 6.74. The lowest BCUT2D eigenvalue weighted by Crippen LogP contribution is -2.31. The summed E-state index contributed by atoms with van der Waals surface area (Å²) in [5.41, 5.74) is 0.321. The quantitative estimate of drug-likeness (QED) is 0.608. The Morgan fingerprint density at radius 1 is 1.26 bits per heavy atom. The molecule has 0 aliphatic carbocycles. The fourth-order valence-electron chi connectivity index (χ4n) is 1.51. The maximum absolute atomic E-state index is 11.6. The van der Waals surface area contributed by atoms with Gasteiger partial charge in [0.2, 0.25) is 0 Å². The molecule has 0 bridgehead atoms. The molecular formula is C14H12ClN3O4S. The van der Waals surface area contributed by atoms with Crippen molar-refractivity contribution in [2.45, 2.75) is 0 Å². The third kappa shape index (κ3) is 5.35. The molecular weight excluding hydrogens is 342 g/mol. The topological polar surface area (TPSA) is 97.4 Å². The van der Waals surface area contributed by atoms with E-state index in [9.17, 15) is 14.4 Å². The largest absolute Gasteiger partial charge is 0.454 e. The number of nitrogens with one attached hydrogen (secondary N) is 2. The predicted octanol–water partition coefficient (Wildman–Crippen LogP) is 1.71. The lowest BCUT2D eigenvalue weighted by atomic mass is 10.4. The van der Waals surface area contributed by atoms with Gasteiger partial charge in [-0.15, -0.1) is 11.3 Å². The third-order valence-corrected chi connectivity index (χ3v) is 3.71. The van der Waals surface area contributed by atoms with Crippen LogP contribution >= 0.6 is 22.9 Å². The normalized spacial score (nSPS) is 9.96. The fraction of sp³-hybridized carbons (Fsp3) is 0.143. The average molecular weight is 354 g/mol. The van der Waals surface area contributed by atoms with Crippen LogP contribution in [0.4, 0.5) is 5.69 Å². The van der Waals surface area contributed by atoms with Crippen molar-refractivity contribution in [3.05, 3.63) is 45.9 Å². The van der Waals surface area contributed by atoms with E-state index in [1.54, 1.807) is 29.6 Å². The number of aromatic nitrogens is 1. The van der Waals surface area contributed by atoms with Gasteiger partial charge in [0.15, 0.2) is 11.8 Å². The molecule has 2 aromatic heterocycles. The molecule has 23 heavy (non-hydrogen) atoms. The number of rotatable bonds is 6. The van der Waals surface area contributed by atoms with Crippen LogP contribution in [0.3, 0.4) is 0 Å². The number of hydrogen-bond acceptors (Lipinski definition) is 6. The highest BCUT2D eigenvalue weighted by molar-refractivity contribution is 7.12. The molecule has 2 heterocycles. The number of anilines is 1. The molecule has 0 spiro atoms. The number of esters is 1. The van der Waals surface area contributed by atoms with Gasteiger partial charge in [0.05, 0.1) is 10.6 Å². The van der Waals surface area contributed by atoms with E-state index >= 15 is 0 Å². The summed E-state index contributed by atoms with van der Waals surface area (Å²) in [6.07, 6.45) is 1.48. The number of nitrogens with zero attached hydrogens (tertiary/aromatic N) is 1. The van der Waals surface area contributed by atoms with Crippen LogP contribution in [0.25, 0.3) is 0 Å². The Labute approximate surface area is 140 Å². The number of ether oxygens (including phenoxy) is 1. The van der Waals surface area contributed by atoms with Crippen LogP contribution in [0.1, 0.15) is 9.67 Å². The summed E-state index contributed by atoms with van der Waals surface area (Å²) < 4.78 is 4.76. The van der Waals surface area contributed by atoms with E-state index in [0.717, 1.165) is 0 Å². The number of carbonyl (C=O) groups is 3. The van der Waals surface area contributed by atoms with E-state index in [-0.39, 0.29) is 17.6 Å². The second-order valence-corrected chi connectivity index (χ2v) is 5.52. The zero-order valence-corrected chi connectivity index (χ0v) is 13.3. The summed E-state index contributed by atoms with van der Waals surface area (Å²) in [6.45, 7) is -0.809. The van der Waals surface area contributed by atoms with E-state index < -0.39 is 18.5 Å². The molecule has 0 radical (unpaired) electrons. The van der Waals surface area contributed by atoms with Crippen molar-refractivity contribution >= 4 is 46.4 Å². The van der Waals surface area contributed by atoms with Crippen molar-refractivity contribution in [2.75, 3.05) is 18.5 Å². The summed E-state index contributed by atoms with van der Waals surface area (Å²) in [5.74, 6) is -1.65. The Hall–Kier alpha value is -2.45. The number of amides is 2. The van der Waals surface area contributed by atoms with E-state index in [2.05, 4.69) is 15.6 Å². The SMILES string of the molecule is O=C(COC(=O)CNC(=O)c1cccs1)Nc1cccnc1Cl. The van der Waals surface area contributed by atoms with Crippen molar-refractivity contribution in [1.82, 2.24) is 10.3 Å². The first-order valence-electron chi connectivity index (χ1n) is 6.44. The molecule has 0 aliphatic heterocycles. The minimum absolute atomic E-state index is 0.135. The highest BCUT2D eigenvalue weighted by Crippen LogP contribution is 2.17. The summed E-state index contributed by atoms with van der Waals surface area (Å²) in [6, 6.07) is 6.53. The van der Waals surface area contributed by atoms with Crippen LogP contribution < -0.4 is 10.6 Å². The van der Waals surface area contributed by atoms with Crippen molar-refractivity contribution in [3.8, 4) is 0 Å². The zero-order valence-electron chi connectivity index (χ0n) is 11.7. The third-order valence-electron chi connectivity index (χ3n) is 2.54. The Bertz CT molecular complexity index is 706. The summed E-state index contributed by atoms with van der Waals surface area (Å²) in [7, 11) is 0. The smallest absolute Gasteiger partial charge is 0.325 e. The van der Waals surface area contributed by atoms with Crippen LogP contribution in [0.15, 0.2) is 35.8 Å². The Balaban J connectivity index is 1.71. The summed E-state index contributed by atoms with van der Waals surface area (Å²) in [4.78, 5) is 39.0. The second kappa shape index (κ2) is 8.25. The maximum atomic E-state index is 11.6. The lowest BCUT2D eigenvalue weighted by molar-refractivity contribution is -0.146. The first kappa shape index (κ1) is 16.9. The molecule has 0 saturated heterocycles. The number of pyridine rings is 1. The highest BCUT2D eigenvalue weighted by atomic mass is 35.5. The molecule has 2 rings (SSSR count). The molecule has 0 fully saturated rings. The lowest BCUT2D eigenvalue weighted by Gasteiger charge is -2.07. The van der Waals surface area contributed by atoms with Gasteiger partial charge in [0.1, 0.15) is 6.54 Å². The first-order chi connectivity index (χ1) is 11.1. The monoisotopic (exact) mass is 353 g/mol. The van der Waals surface area contributed by atoms with Crippen molar-refractivity contribution in [2.24, 2.45) is 0 Å². The number of carbonyl (C=O) groups excluding carboxylic acids is 3. The van der Waals surface area contributed by atoms with Crippen molar-refractivity contribution < 1.29 is 19.1 Å². The molecule has 2 aromatic rings. The minimum Gasteiger partial charge on any atom is -0.454 e. The number of hydrogen-bond donors (Lipinski definition) is 2. The molecule has 0 atom stereocenters. The van der Waals surface area contributed by atoms with Crippen LogP contribution in [0, 0.1) is 0 Å². The maximum Gasteiger partial charge on any atom is 0.325 e. The molecule has 120 valence electrons. The molecule has 2 amide bonds. The fourth-order valence-corrected chi connectivity index (χ4v) is 2.32. The molecule has 0 unspecified atom stereocenters. The van der Waals surface area contributed by atoms with E-state index in [1.807, 2.05) is 0 Å². The van der Waals surface area contributed by atoms with Gasteiger partial charge in [-0.1, -0.05) is 17.7 Å². The van der Waals surface area contributed by atoms with Gasteiger partial charge >= 0.3 is 5.97 Å². The zero-order chi connectivity index (χ0) is 16.7. The van der Waals surface area contributed by atoms with E-state index in [1.165, 1.54) is 17.5 Å². The van der Waals surface area contributed by atoms with E-state index in [4.69, 9.17) is 16.3 Å². The van der Waals surface area contributed by atoms with Gasteiger partial charge in [-0.2, -0.15) is 0 Å². The highest BCUT2D eigenvalue weighted by Gasteiger charge is 2.12. The van der Waals surface area contributed by atoms with E-state index in [0.29, 0.717) is 10.6 Å². The second-order valence-electron chi connectivity index (χ2n) is 4.21. The van der Waals surface area contributed by atoms with Gasteiger partial charge in [0.25, 0.3) is 11.8 Å². The Kier molecular flexibility index (Phi) is 6.07. The average Bonchev–Trinajstić information content (AvgIpc) is 3.07. The van der Waals surface area contributed by atoms with Crippen LogP contribution in [0.5, 0.6) is 0 Å². The van der Waals surface area contributed by atoms with Gasteiger partial charge in [-0.25, -0.2) is 4.98 Å². The number of thiophene rings is 1. The van der Waals surface area contributed by atoms with Crippen LogP contribution in [0.2, 0.25) is 5.15 Å². The first-order valence-corrected chi connectivity index (χ1v) is 7.69. The van der Waals surface area contributed by atoms with Crippen LogP contribution in [-0.4, -0.2) is 35.9 Å². The van der Waals surface area contributed by atoms with Gasteiger partial charge in [-0.3, -0.25) is 14.4 Å². The molecule has 0 aromatic carbocycles. The van der Waals surface area contributed by atoms with Crippen molar-refractivity contribution in [1.29, 1.82) is 0 Å². The van der Waals surface area contributed by atoms with Gasteiger partial charge < -0.3 is 15.4 Å². The predicted molar refractivity (Wildman–Crippen MR) is 85.5 cm³/mol. The van der Waals surface area contributed by atoms with Crippen molar-refractivity contribution in [3.63, 3.8) is 0 Å². The standard InChI is InChI=1S/C14H12ClN3O4S/c15-13-9(3-1-5-16-13)18-11(19)8-22-12(20)7-17-14(21)10-4-2-6-23-10/h1-6H,7-8H2,(H,17,21)(H,18,19). The van der Waals surface area contributed by atoms with Gasteiger partial charge in [0, 0.05) is 6.20 Å². The molecule has 2 N–H and O–H groups in total. The van der Waals surface area contributed by atoms with Gasteiger partial charge in [-0.05, 0) is 23.6 Å². The molecule has 0 aliphatic rings. The Morgan fingerprint density at radius 3 is 2.78 bits per heavy atom. The molecule has 0 saturated carbocycles. The molecule has 7 nitrogen and oxygen atoms in total. The van der Waals surface area contributed by atoms with Crippen LogP contribution in [-0.2, 0) is 14.3 Å².